The van der Waals surface area contributed by atoms with Gasteiger partial charge >= 0.3 is 5.97 Å². The molecule has 6 nitrogen and oxygen atoms in total. The third-order valence-electron chi connectivity index (χ3n) is 4.54. The highest BCUT2D eigenvalue weighted by molar-refractivity contribution is 5.94. The average molecular weight is 391 g/mol. The number of carbonyl (C=O) groups is 2. The summed E-state index contributed by atoms with van der Waals surface area (Å²) < 4.78 is 5.14. The monoisotopic (exact) mass is 391 g/mol. The van der Waals surface area contributed by atoms with E-state index in [-0.39, 0.29) is 18.6 Å². The molecule has 3 aromatic rings. The maximum absolute atomic E-state index is 12.2. The average Bonchev–Trinajstić information content (AvgIpc) is 2.71. The molecule has 0 fully saturated rings. The van der Waals surface area contributed by atoms with E-state index in [0.717, 1.165) is 12.0 Å². The Bertz CT molecular complexity index is 1000. The fourth-order valence-electron chi connectivity index (χ4n) is 3.08. The Morgan fingerprint density at radius 3 is 2.34 bits per heavy atom. The molecule has 0 saturated heterocycles. The molecule has 0 aliphatic carbocycles. The van der Waals surface area contributed by atoms with Gasteiger partial charge in [0.15, 0.2) is 6.61 Å². The first-order chi connectivity index (χ1) is 13.9. The number of fused-ring (bicyclic) bond motifs is 1. The summed E-state index contributed by atoms with van der Waals surface area (Å²) >= 11 is 0. The Balaban J connectivity index is 1.52. The molecule has 0 unspecified atom stereocenters. The molecule has 0 saturated carbocycles. The molecule has 6 heteroatoms. The molecule has 1 aromatic heterocycles. The Hall–Kier alpha value is -3.28. The van der Waals surface area contributed by atoms with Gasteiger partial charge in [-0.15, -0.1) is 0 Å². The van der Waals surface area contributed by atoms with Gasteiger partial charge in [0.05, 0.1) is 22.6 Å². The fraction of sp³-hybridized carbons (Fsp3) is 0.304. The predicted molar refractivity (Wildman–Crippen MR) is 111 cm³/mol. The Morgan fingerprint density at radius 1 is 0.966 bits per heavy atom. The quantitative estimate of drug-likeness (QED) is 0.619. The van der Waals surface area contributed by atoms with Gasteiger partial charge in [0.1, 0.15) is 0 Å². The van der Waals surface area contributed by atoms with Crippen molar-refractivity contribution in [1.82, 2.24) is 15.3 Å². The summed E-state index contributed by atoms with van der Waals surface area (Å²) in [7, 11) is 0. The van der Waals surface area contributed by atoms with Gasteiger partial charge in [-0.25, -0.2) is 4.79 Å². The summed E-state index contributed by atoms with van der Waals surface area (Å²) in [6.07, 6.45) is 4.17. The second-order valence-corrected chi connectivity index (χ2v) is 7.46. The predicted octanol–water partition coefficient (Wildman–Crippen LogP) is 3.86. The summed E-state index contributed by atoms with van der Waals surface area (Å²) in [4.78, 5) is 32.7. The number of ether oxygens (including phenoxy) is 1. The lowest BCUT2D eigenvalue weighted by Crippen LogP contribution is -2.31. The van der Waals surface area contributed by atoms with Crippen molar-refractivity contribution in [2.45, 2.75) is 33.2 Å². The highest BCUT2D eigenvalue weighted by Crippen LogP contribution is 2.16. The summed E-state index contributed by atoms with van der Waals surface area (Å²) in [5, 5.41) is 2.85. The molecule has 3 rings (SSSR count). The molecule has 29 heavy (non-hydrogen) atoms. The number of carbonyl (C=O) groups excluding carboxylic acids is 2. The van der Waals surface area contributed by atoms with E-state index >= 15 is 0 Å². The fourth-order valence-corrected chi connectivity index (χ4v) is 3.08. The third-order valence-corrected chi connectivity index (χ3v) is 4.54. The van der Waals surface area contributed by atoms with Crippen molar-refractivity contribution in [3.05, 3.63) is 71.5 Å². The minimum atomic E-state index is -0.571. The van der Waals surface area contributed by atoms with Crippen LogP contribution in [0.1, 0.15) is 48.3 Å². The Morgan fingerprint density at radius 2 is 1.66 bits per heavy atom. The topological polar surface area (TPSA) is 81.2 Å². The molecular weight excluding hydrogens is 366 g/mol. The highest BCUT2D eigenvalue weighted by atomic mass is 16.5. The molecule has 150 valence electrons. The largest absolute Gasteiger partial charge is 0.452 e. The maximum atomic E-state index is 12.2. The number of rotatable bonds is 7. The lowest BCUT2D eigenvalue weighted by Gasteiger charge is -2.15. The van der Waals surface area contributed by atoms with E-state index in [0.29, 0.717) is 22.5 Å². The van der Waals surface area contributed by atoms with Crippen LogP contribution < -0.4 is 5.32 Å². The summed E-state index contributed by atoms with van der Waals surface area (Å²) in [6.45, 7) is 5.93. The minimum Gasteiger partial charge on any atom is -0.452 e. The van der Waals surface area contributed by atoms with E-state index in [1.165, 1.54) is 5.56 Å². The van der Waals surface area contributed by atoms with Gasteiger partial charge in [0.25, 0.3) is 5.91 Å². The molecule has 1 atom stereocenters. The van der Waals surface area contributed by atoms with E-state index in [1.807, 2.05) is 19.1 Å². The minimum absolute atomic E-state index is 0.176. The van der Waals surface area contributed by atoms with Crippen LogP contribution in [-0.4, -0.2) is 28.5 Å². The van der Waals surface area contributed by atoms with Crippen molar-refractivity contribution in [3.8, 4) is 0 Å². The SMILES string of the molecule is CC(C)Cc1ccc([C@@H](C)NC(=O)COC(=O)c2ccc3nccnc3c2)cc1. The molecule has 0 radical (unpaired) electrons. The molecule has 2 aromatic carbocycles. The number of amides is 1. The van der Waals surface area contributed by atoms with Crippen LogP contribution in [0.5, 0.6) is 0 Å². The number of nitrogens with zero attached hydrogens (tertiary/aromatic N) is 2. The maximum Gasteiger partial charge on any atom is 0.338 e. The zero-order chi connectivity index (χ0) is 20.8. The number of hydrogen-bond acceptors (Lipinski definition) is 5. The van der Waals surface area contributed by atoms with Crippen molar-refractivity contribution >= 4 is 22.9 Å². The number of aromatic nitrogens is 2. The molecular formula is C23H25N3O3. The molecule has 0 aliphatic heterocycles. The number of benzene rings is 2. The molecule has 0 bridgehead atoms. The zero-order valence-electron chi connectivity index (χ0n) is 16.9. The summed E-state index contributed by atoms with van der Waals surface area (Å²) in [5.74, 6) is -0.321. The van der Waals surface area contributed by atoms with E-state index in [1.54, 1.807) is 30.6 Å². The van der Waals surface area contributed by atoms with Gasteiger partial charge in [-0.1, -0.05) is 38.1 Å². The smallest absolute Gasteiger partial charge is 0.338 e. The standard InChI is InChI=1S/C23H25N3O3/c1-15(2)12-17-4-6-18(7-5-17)16(3)26-22(27)14-29-23(28)19-8-9-20-21(13-19)25-11-10-24-20/h4-11,13,15-16H,12,14H2,1-3H3,(H,26,27)/t16-/m1/s1. The number of esters is 1. The number of hydrogen-bond donors (Lipinski definition) is 1. The first kappa shape index (κ1) is 20.5. The first-order valence-corrected chi connectivity index (χ1v) is 9.68. The third kappa shape index (κ3) is 5.60. The van der Waals surface area contributed by atoms with Crippen LogP contribution in [-0.2, 0) is 16.0 Å². The molecule has 0 aliphatic rings. The van der Waals surface area contributed by atoms with Crippen LogP contribution in [0.25, 0.3) is 11.0 Å². The van der Waals surface area contributed by atoms with E-state index in [2.05, 4.69) is 41.3 Å². The van der Waals surface area contributed by atoms with Crippen LogP contribution in [0, 0.1) is 5.92 Å². The molecule has 1 N–H and O–H groups in total. The second-order valence-electron chi connectivity index (χ2n) is 7.46. The van der Waals surface area contributed by atoms with Crippen LogP contribution in [0.3, 0.4) is 0 Å². The lowest BCUT2D eigenvalue weighted by atomic mass is 10.00. The van der Waals surface area contributed by atoms with Gasteiger partial charge in [0.2, 0.25) is 0 Å². The number of nitrogens with one attached hydrogen (secondary N) is 1. The molecule has 0 spiro atoms. The molecule has 1 amide bonds. The van der Waals surface area contributed by atoms with Crippen LogP contribution >= 0.6 is 0 Å². The van der Waals surface area contributed by atoms with E-state index in [4.69, 9.17) is 4.74 Å². The van der Waals surface area contributed by atoms with Crippen molar-refractivity contribution in [3.63, 3.8) is 0 Å². The van der Waals surface area contributed by atoms with E-state index < -0.39 is 5.97 Å². The van der Waals surface area contributed by atoms with Gasteiger partial charge in [0, 0.05) is 12.4 Å². The highest BCUT2D eigenvalue weighted by Gasteiger charge is 2.14. The van der Waals surface area contributed by atoms with E-state index in [9.17, 15) is 9.59 Å². The van der Waals surface area contributed by atoms with Gasteiger partial charge < -0.3 is 10.1 Å². The Kier molecular flexibility index (Phi) is 6.54. The summed E-state index contributed by atoms with van der Waals surface area (Å²) in [5.41, 5.74) is 3.90. The van der Waals surface area contributed by atoms with Crippen molar-refractivity contribution < 1.29 is 14.3 Å². The Labute approximate surface area is 170 Å². The van der Waals surface area contributed by atoms with Gasteiger partial charge in [-0.2, -0.15) is 0 Å². The van der Waals surface area contributed by atoms with Gasteiger partial charge in [-0.05, 0) is 48.6 Å². The first-order valence-electron chi connectivity index (χ1n) is 9.68. The van der Waals surface area contributed by atoms with Crippen LogP contribution in [0.15, 0.2) is 54.9 Å². The van der Waals surface area contributed by atoms with Crippen molar-refractivity contribution in [2.24, 2.45) is 5.92 Å². The molecule has 1 heterocycles. The zero-order valence-corrected chi connectivity index (χ0v) is 16.9. The second kappa shape index (κ2) is 9.28. The van der Waals surface area contributed by atoms with Gasteiger partial charge in [-0.3, -0.25) is 14.8 Å². The van der Waals surface area contributed by atoms with Crippen LogP contribution in [0.4, 0.5) is 0 Å². The van der Waals surface area contributed by atoms with Crippen molar-refractivity contribution in [2.75, 3.05) is 6.61 Å². The van der Waals surface area contributed by atoms with Crippen LogP contribution in [0.2, 0.25) is 0 Å². The summed E-state index contributed by atoms with van der Waals surface area (Å²) in [6, 6.07) is 12.9. The van der Waals surface area contributed by atoms with Crippen molar-refractivity contribution in [1.29, 1.82) is 0 Å². The normalized spacial score (nSPS) is 12.0. The lowest BCUT2D eigenvalue weighted by molar-refractivity contribution is -0.124.